The first-order valence-electron chi connectivity index (χ1n) is 7.56. The highest BCUT2D eigenvalue weighted by atomic mass is 79.9. The van der Waals surface area contributed by atoms with Gasteiger partial charge in [0.25, 0.3) is 0 Å². The molecule has 0 radical (unpaired) electrons. The molecule has 0 atom stereocenters. The summed E-state index contributed by atoms with van der Waals surface area (Å²) in [5.41, 5.74) is -3.44. The summed E-state index contributed by atoms with van der Waals surface area (Å²) in [7, 11) is 0. The summed E-state index contributed by atoms with van der Waals surface area (Å²) < 4.78 is 83.4. The molecule has 5 nitrogen and oxygen atoms in total. The average molecular weight is 472 g/mol. The fourth-order valence-corrected chi connectivity index (χ4v) is 2.30. The Morgan fingerprint density at radius 3 is 2.11 bits per heavy atom. The maximum absolute atomic E-state index is 12.9. The summed E-state index contributed by atoms with van der Waals surface area (Å²) in [6.07, 6.45) is -8.23. The summed E-state index contributed by atoms with van der Waals surface area (Å²) in [6, 6.07) is 1.04. The van der Waals surface area contributed by atoms with E-state index >= 15 is 0 Å². The van der Waals surface area contributed by atoms with Gasteiger partial charge < -0.3 is 4.74 Å². The van der Waals surface area contributed by atoms with Crippen LogP contribution in [0.15, 0.2) is 29.0 Å². The molecule has 0 fully saturated rings. The number of alkyl halides is 6. The second-order valence-electron chi connectivity index (χ2n) is 5.77. The molecule has 1 aromatic carbocycles. The lowest BCUT2D eigenvalue weighted by Gasteiger charge is -2.13. The quantitative estimate of drug-likeness (QED) is 0.352. The summed E-state index contributed by atoms with van der Waals surface area (Å²) >= 11 is 2.95. The third kappa shape index (κ3) is 5.57. The Hall–Kier alpha value is -2.37. The summed E-state index contributed by atoms with van der Waals surface area (Å²) in [6.45, 7) is 3.25. The van der Waals surface area contributed by atoms with Gasteiger partial charge in [-0.2, -0.15) is 26.3 Å². The topological polar surface area (TPSA) is 57.0 Å². The second-order valence-corrected chi connectivity index (χ2v) is 6.63. The predicted octanol–water partition coefficient (Wildman–Crippen LogP) is 5.13. The lowest BCUT2D eigenvalue weighted by Crippen LogP contribution is -2.11. The number of carbonyl (C=O) groups excluding carboxylic acids is 1. The molecule has 12 heteroatoms. The zero-order valence-electron chi connectivity index (χ0n) is 14.3. The van der Waals surface area contributed by atoms with Gasteiger partial charge in [0.15, 0.2) is 5.82 Å². The smallest absolute Gasteiger partial charge is 0.416 e. The van der Waals surface area contributed by atoms with Gasteiger partial charge in [0.05, 0.1) is 23.4 Å². The Kier molecular flexibility index (Phi) is 6.21. The molecule has 0 bridgehead atoms. The van der Waals surface area contributed by atoms with Crippen LogP contribution in [-0.2, 0) is 21.9 Å². The second kappa shape index (κ2) is 7.94. The maximum atomic E-state index is 12.9. The van der Waals surface area contributed by atoms with Crippen LogP contribution in [0, 0.1) is 0 Å². The molecule has 0 saturated heterocycles. The first-order valence-corrected chi connectivity index (χ1v) is 8.36. The molecular formula is C16H12BrF6N3O2. The van der Waals surface area contributed by atoms with Crippen LogP contribution in [-0.4, -0.2) is 26.8 Å². The largest absolute Gasteiger partial charge is 0.459 e. The van der Waals surface area contributed by atoms with Gasteiger partial charge in [0.2, 0.25) is 0 Å². The number of rotatable bonds is 4. The molecular weight excluding hydrogens is 460 g/mol. The van der Waals surface area contributed by atoms with Crippen molar-refractivity contribution < 1.29 is 35.9 Å². The van der Waals surface area contributed by atoms with Crippen molar-refractivity contribution in [2.24, 2.45) is 0 Å². The van der Waals surface area contributed by atoms with Gasteiger partial charge in [0.1, 0.15) is 10.8 Å². The predicted molar refractivity (Wildman–Crippen MR) is 89.9 cm³/mol. The first kappa shape index (κ1) is 21.9. The summed E-state index contributed by atoms with van der Waals surface area (Å²) in [5.74, 6) is -1.11. The number of hydrogen-bond donors (Lipinski definition) is 0. The van der Waals surface area contributed by atoms with E-state index in [1.165, 1.54) is 0 Å². The van der Waals surface area contributed by atoms with E-state index in [-0.39, 0.29) is 16.4 Å². The molecule has 2 aromatic rings. The lowest BCUT2D eigenvalue weighted by atomic mass is 10.0. The number of halogens is 7. The minimum atomic E-state index is -4.98. The zero-order chi connectivity index (χ0) is 21.3. The number of nitrogens with zero attached hydrogens (tertiary/aromatic N) is 3. The molecule has 152 valence electrons. The molecule has 0 unspecified atom stereocenters. The SMILES string of the molecule is CC(C)OC(=O)/C(Br)=C\n1cnc(-c2cc(C(F)(F)F)cc(C(F)(F)F)c2)n1. The molecule has 0 amide bonds. The summed E-state index contributed by atoms with van der Waals surface area (Å²) in [5, 5.41) is 3.79. The number of ether oxygens (including phenoxy) is 1. The molecule has 0 aliphatic heterocycles. The Labute approximate surface area is 163 Å². The molecule has 0 N–H and O–H groups in total. The van der Waals surface area contributed by atoms with Crippen molar-refractivity contribution >= 4 is 28.1 Å². The van der Waals surface area contributed by atoms with Gasteiger partial charge in [-0.3, -0.25) is 0 Å². The van der Waals surface area contributed by atoms with Crippen LogP contribution in [0.5, 0.6) is 0 Å². The minimum Gasteiger partial charge on any atom is -0.459 e. The van der Waals surface area contributed by atoms with Crippen LogP contribution < -0.4 is 0 Å². The zero-order valence-corrected chi connectivity index (χ0v) is 15.9. The number of carbonyl (C=O) groups is 1. The molecule has 0 aliphatic carbocycles. The van der Waals surface area contributed by atoms with E-state index in [4.69, 9.17) is 4.74 Å². The lowest BCUT2D eigenvalue weighted by molar-refractivity contribution is -0.143. The van der Waals surface area contributed by atoms with Crippen molar-refractivity contribution in [1.82, 2.24) is 14.8 Å². The van der Waals surface area contributed by atoms with Crippen molar-refractivity contribution in [1.29, 1.82) is 0 Å². The molecule has 0 spiro atoms. The van der Waals surface area contributed by atoms with Crippen LogP contribution in [0.2, 0.25) is 0 Å². The monoisotopic (exact) mass is 471 g/mol. The first-order chi connectivity index (χ1) is 12.8. The number of esters is 1. The highest BCUT2D eigenvalue weighted by molar-refractivity contribution is 9.12. The average Bonchev–Trinajstić information content (AvgIpc) is 3.00. The van der Waals surface area contributed by atoms with Crippen molar-refractivity contribution in [2.45, 2.75) is 32.3 Å². The molecule has 1 aromatic heterocycles. The van der Waals surface area contributed by atoms with Crippen LogP contribution in [0.25, 0.3) is 17.6 Å². The van der Waals surface area contributed by atoms with Gasteiger partial charge in [-0.1, -0.05) is 0 Å². The Bertz CT molecular complexity index is 870. The summed E-state index contributed by atoms with van der Waals surface area (Å²) in [4.78, 5) is 15.4. The highest BCUT2D eigenvalue weighted by Gasteiger charge is 2.37. The number of hydrogen-bond acceptors (Lipinski definition) is 4. The fourth-order valence-electron chi connectivity index (χ4n) is 1.99. The molecule has 2 rings (SSSR count). The van der Waals surface area contributed by atoms with Crippen LogP contribution in [0.4, 0.5) is 26.3 Å². The van der Waals surface area contributed by atoms with Gasteiger partial charge >= 0.3 is 18.3 Å². The highest BCUT2D eigenvalue weighted by Crippen LogP contribution is 2.38. The molecule has 0 aliphatic rings. The molecule has 1 heterocycles. The molecule has 0 saturated carbocycles. The third-order valence-electron chi connectivity index (χ3n) is 3.14. The Balaban J connectivity index is 2.43. The van der Waals surface area contributed by atoms with E-state index in [0.29, 0.717) is 12.1 Å². The van der Waals surface area contributed by atoms with Gasteiger partial charge in [-0.05, 0) is 48.0 Å². The van der Waals surface area contributed by atoms with Crippen molar-refractivity contribution in [3.05, 3.63) is 40.1 Å². The van der Waals surface area contributed by atoms with Gasteiger partial charge in [0, 0.05) is 5.56 Å². The van der Waals surface area contributed by atoms with Crippen molar-refractivity contribution in [3.8, 4) is 11.4 Å². The number of benzene rings is 1. The van der Waals surface area contributed by atoms with E-state index in [2.05, 4.69) is 26.0 Å². The fraction of sp³-hybridized carbons (Fsp3) is 0.312. The van der Waals surface area contributed by atoms with Crippen molar-refractivity contribution in [3.63, 3.8) is 0 Å². The van der Waals surface area contributed by atoms with E-state index in [9.17, 15) is 31.1 Å². The van der Waals surface area contributed by atoms with E-state index in [0.717, 1.165) is 17.2 Å². The van der Waals surface area contributed by atoms with Gasteiger partial charge in [-0.25, -0.2) is 14.5 Å². The Morgan fingerprint density at radius 2 is 1.64 bits per heavy atom. The van der Waals surface area contributed by atoms with Crippen LogP contribution in [0.1, 0.15) is 25.0 Å². The van der Waals surface area contributed by atoms with Crippen molar-refractivity contribution in [2.75, 3.05) is 0 Å². The third-order valence-corrected chi connectivity index (χ3v) is 3.67. The van der Waals surface area contributed by atoms with E-state index < -0.39 is 41.1 Å². The minimum absolute atomic E-state index is 0.0128. The number of aromatic nitrogens is 3. The molecule has 28 heavy (non-hydrogen) atoms. The maximum Gasteiger partial charge on any atom is 0.416 e. The van der Waals surface area contributed by atoms with Crippen LogP contribution >= 0.6 is 15.9 Å². The normalized spacial score (nSPS) is 13.1. The Morgan fingerprint density at radius 1 is 1.11 bits per heavy atom. The standard InChI is InChI=1S/C16H12BrF6N3O2/c1-8(2)28-14(27)12(17)6-26-7-24-13(25-26)9-3-10(15(18,19)20)5-11(4-9)16(21,22)23/h3-8H,1-2H3/b12-6+. The van der Waals surface area contributed by atoms with E-state index in [1.807, 2.05) is 0 Å². The van der Waals surface area contributed by atoms with Crippen LogP contribution in [0.3, 0.4) is 0 Å². The van der Waals surface area contributed by atoms with E-state index in [1.54, 1.807) is 13.8 Å². The van der Waals surface area contributed by atoms with Gasteiger partial charge in [-0.15, -0.1) is 5.10 Å².